The van der Waals surface area contributed by atoms with Crippen molar-refractivity contribution in [3.05, 3.63) is 404 Å². The second kappa shape index (κ2) is 23.9. The molecule has 0 N–H and O–H groups in total. The summed E-state index contributed by atoms with van der Waals surface area (Å²) in [6.07, 6.45) is 0. The highest BCUT2D eigenvalue weighted by Gasteiger charge is 2.54. The summed E-state index contributed by atoms with van der Waals surface area (Å²) in [6.45, 7) is -0.389. The van der Waals surface area contributed by atoms with Crippen molar-refractivity contribution in [1.82, 2.24) is 0 Å². The molecule has 0 atom stereocenters. The van der Waals surface area contributed by atoms with Crippen LogP contribution in [0.3, 0.4) is 0 Å². The summed E-state index contributed by atoms with van der Waals surface area (Å²) in [5, 5.41) is 0. The topological polar surface area (TPSA) is 25.4 Å². The third kappa shape index (κ3) is 9.03. The van der Waals surface area contributed by atoms with Gasteiger partial charge in [-0.3, -0.25) is 0 Å². The molecule has 0 amide bonds. The van der Waals surface area contributed by atoms with Crippen molar-refractivity contribution in [3.8, 4) is 33.8 Å². The summed E-state index contributed by atoms with van der Waals surface area (Å²) in [5.74, 6) is 1.69. The van der Waals surface area contributed by atoms with Crippen LogP contribution in [0.5, 0.6) is 11.5 Å². The Balaban J connectivity index is 0.818. The standard InChI is InChI=1S/C97H63B2N5OS/c1-8-31-64(32-9-1)65-33-30-46-72(55-65)101(68-38-14-4-15-39-68)74-58-90-96-92(59-74)105-91-54-29-27-52-82(91)99(96)84-61-80-94(63-87(84)104(90)71-44-20-7-21-45-71)106-93-62-86-83(60-79(93)97(80)77-49-24-22-47-75(77)76-48-23-25-50-78(76)97)98-81-51-26-28-53-85(81)102(69-40-16-5-17-41-69)88-56-73(57-89(95(88)98)103(86)70-42-18-6-19-43-70)100(66-34-10-2-11-35-66)67-36-12-3-13-37-67/h1-63H. The Labute approximate surface area is 621 Å². The van der Waals surface area contributed by atoms with Gasteiger partial charge in [0.25, 0.3) is 13.4 Å². The summed E-state index contributed by atoms with van der Waals surface area (Å²) in [7, 11) is 0. The third-order valence-corrected chi connectivity index (χ3v) is 23.7. The van der Waals surface area contributed by atoms with Gasteiger partial charge in [-0.1, -0.05) is 260 Å². The van der Waals surface area contributed by atoms with Crippen LogP contribution in [0.15, 0.2) is 392 Å². The predicted molar refractivity (Wildman–Crippen MR) is 443 cm³/mol. The monoisotopic (exact) mass is 1370 g/mol. The van der Waals surface area contributed by atoms with E-state index >= 15 is 0 Å². The van der Waals surface area contributed by atoms with E-state index in [1.165, 1.54) is 65.0 Å². The van der Waals surface area contributed by atoms with Crippen LogP contribution in [0, 0.1) is 0 Å². The van der Waals surface area contributed by atoms with Crippen molar-refractivity contribution in [3.63, 3.8) is 0 Å². The molecule has 0 fully saturated rings. The van der Waals surface area contributed by atoms with Crippen molar-refractivity contribution >= 4 is 143 Å². The Morgan fingerprint density at radius 3 is 1.19 bits per heavy atom. The zero-order valence-corrected chi connectivity index (χ0v) is 58.4. The third-order valence-electron chi connectivity index (χ3n) is 22.6. The maximum Gasteiger partial charge on any atom is 0.256 e. The van der Waals surface area contributed by atoms with E-state index in [-0.39, 0.29) is 13.4 Å². The zero-order valence-electron chi connectivity index (χ0n) is 57.6. The molecule has 16 aromatic rings. The first kappa shape index (κ1) is 60.4. The summed E-state index contributed by atoms with van der Waals surface area (Å²) in [5.41, 5.74) is 32.7. The quantitative estimate of drug-likeness (QED) is 0.126. The molecule has 494 valence electrons. The Hall–Kier alpha value is -13.2. The predicted octanol–water partition coefficient (Wildman–Crippen LogP) is 21.6. The largest absolute Gasteiger partial charge is 0.458 e. The van der Waals surface area contributed by atoms with Crippen LogP contribution in [0.2, 0.25) is 0 Å². The molecule has 16 aromatic carbocycles. The van der Waals surface area contributed by atoms with Gasteiger partial charge in [0.2, 0.25) is 0 Å². The molecule has 0 saturated heterocycles. The lowest BCUT2D eigenvalue weighted by molar-refractivity contribution is 0.487. The number of fused-ring (bicyclic) bond motifs is 17. The summed E-state index contributed by atoms with van der Waals surface area (Å²) >= 11 is 1.92. The van der Waals surface area contributed by atoms with Crippen molar-refractivity contribution < 1.29 is 4.74 Å². The molecular formula is C97H63B2N5OS. The smallest absolute Gasteiger partial charge is 0.256 e. The minimum Gasteiger partial charge on any atom is -0.458 e. The molecule has 106 heavy (non-hydrogen) atoms. The van der Waals surface area contributed by atoms with Crippen molar-refractivity contribution in [2.24, 2.45) is 0 Å². The number of rotatable bonds is 10. The van der Waals surface area contributed by atoms with Gasteiger partial charge in [0.05, 0.1) is 16.8 Å². The fourth-order valence-corrected chi connectivity index (χ4v) is 19.6. The second-order valence-electron chi connectivity index (χ2n) is 28.2. The Morgan fingerprint density at radius 2 is 0.651 bits per heavy atom. The van der Waals surface area contributed by atoms with Crippen LogP contribution < -0.4 is 62.0 Å². The molecule has 0 saturated carbocycles. The van der Waals surface area contributed by atoms with Crippen LogP contribution in [0.1, 0.15) is 22.3 Å². The number of nitrogens with zero attached hydrogens (tertiary/aromatic N) is 5. The number of ether oxygens (including phenoxy) is 1. The number of para-hydroxylation sites is 8. The number of hydrogen-bond donors (Lipinski definition) is 0. The zero-order chi connectivity index (χ0) is 69.6. The van der Waals surface area contributed by atoms with Gasteiger partial charge in [-0.2, -0.15) is 0 Å². The first-order valence-electron chi connectivity index (χ1n) is 36.5. The lowest BCUT2D eigenvalue weighted by Crippen LogP contribution is -2.61. The molecule has 1 aliphatic carbocycles. The van der Waals surface area contributed by atoms with E-state index in [0.29, 0.717) is 0 Å². The van der Waals surface area contributed by atoms with E-state index in [0.717, 1.165) is 119 Å². The fraction of sp³-hybridized carbons (Fsp3) is 0.0103. The average molecular weight is 1370 g/mol. The van der Waals surface area contributed by atoms with Gasteiger partial charge in [0.1, 0.15) is 11.5 Å². The van der Waals surface area contributed by atoms with Gasteiger partial charge in [-0.15, -0.1) is 0 Å². The molecule has 9 heteroatoms. The maximum atomic E-state index is 7.43. The Bertz CT molecular complexity index is 6130. The first-order valence-corrected chi connectivity index (χ1v) is 37.3. The highest BCUT2D eigenvalue weighted by atomic mass is 32.2. The van der Waals surface area contributed by atoms with Crippen LogP contribution in [0.4, 0.5) is 85.3 Å². The minimum absolute atomic E-state index is 0.181. The Morgan fingerprint density at radius 1 is 0.255 bits per heavy atom. The Kier molecular flexibility index (Phi) is 13.6. The molecule has 5 heterocycles. The molecule has 0 radical (unpaired) electrons. The van der Waals surface area contributed by atoms with E-state index in [1.807, 2.05) is 11.8 Å². The minimum atomic E-state index is -0.784. The molecule has 0 bridgehead atoms. The first-order chi connectivity index (χ1) is 52.6. The van der Waals surface area contributed by atoms with Crippen molar-refractivity contribution in [2.75, 3.05) is 24.5 Å². The van der Waals surface area contributed by atoms with Crippen LogP contribution in [-0.4, -0.2) is 13.4 Å². The van der Waals surface area contributed by atoms with Crippen LogP contribution in [0.25, 0.3) is 22.3 Å². The highest BCUT2D eigenvalue weighted by molar-refractivity contribution is 7.99. The molecule has 6 aliphatic rings. The van der Waals surface area contributed by atoms with Crippen molar-refractivity contribution in [1.29, 1.82) is 0 Å². The van der Waals surface area contributed by atoms with Gasteiger partial charge < -0.3 is 29.2 Å². The number of benzene rings is 16. The lowest BCUT2D eigenvalue weighted by atomic mass is 9.33. The molecule has 5 aliphatic heterocycles. The second-order valence-corrected chi connectivity index (χ2v) is 29.3. The fourth-order valence-electron chi connectivity index (χ4n) is 18.4. The number of hydrogen-bond acceptors (Lipinski definition) is 7. The lowest BCUT2D eigenvalue weighted by Gasteiger charge is -2.47. The van der Waals surface area contributed by atoms with Gasteiger partial charge in [0, 0.05) is 89.8 Å². The number of anilines is 15. The van der Waals surface area contributed by atoms with E-state index in [2.05, 4.69) is 407 Å². The van der Waals surface area contributed by atoms with E-state index in [4.69, 9.17) is 4.74 Å². The van der Waals surface area contributed by atoms with E-state index in [9.17, 15) is 0 Å². The van der Waals surface area contributed by atoms with E-state index < -0.39 is 5.41 Å². The normalized spacial score (nSPS) is 13.7. The molecule has 1 spiro atoms. The molecule has 6 nitrogen and oxygen atoms in total. The molecule has 22 rings (SSSR count). The average Bonchev–Trinajstić information content (AvgIpc) is 1.39. The van der Waals surface area contributed by atoms with Crippen LogP contribution >= 0.6 is 11.8 Å². The summed E-state index contributed by atoms with van der Waals surface area (Å²) < 4.78 is 7.43. The highest BCUT2D eigenvalue weighted by Crippen LogP contribution is 2.64. The van der Waals surface area contributed by atoms with Crippen LogP contribution in [-0.2, 0) is 5.41 Å². The molecule has 0 aromatic heterocycles. The van der Waals surface area contributed by atoms with Gasteiger partial charge >= 0.3 is 0 Å². The molecular weight excluding hydrogens is 1300 g/mol. The van der Waals surface area contributed by atoms with Gasteiger partial charge in [0.15, 0.2) is 0 Å². The maximum absolute atomic E-state index is 7.43. The SMILES string of the molecule is c1ccc(-c2cccc(N(c3ccccc3)c3cc4c5c(c3)N(c3ccccc3)c3cc6c(cc3B5c3ccccc3O4)C3(c4cc5c(cc4S6)N(c4ccccc4)c4cc(N(c6ccccc6)c6ccccc6)cc6c4B5c4ccccc4N6c4ccccc4)c4ccccc4-c4ccccc43)c2)cc1. The molecule has 0 unspecified atom stereocenters. The van der Waals surface area contributed by atoms with Gasteiger partial charge in [-0.05, 0) is 205 Å². The van der Waals surface area contributed by atoms with E-state index in [1.54, 1.807) is 0 Å². The summed E-state index contributed by atoms with van der Waals surface area (Å²) in [4.78, 5) is 14.9. The summed E-state index contributed by atoms with van der Waals surface area (Å²) in [6, 6.07) is 142. The van der Waals surface area contributed by atoms with Crippen molar-refractivity contribution in [2.45, 2.75) is 15.2 Å². The van der Waals surface area contributed by atoms with Gasteiger partial charge in [-0.25, -0.2) is 0 Å².